The van der Waals surface area contributed by atoms with Crippen LogP contribution in [0.2, 0.25) is 0 Å². The van der Waals surface area contributed by atoms with Crippen molar-refractivity contribution in [2.24, 2.45) is 5.41 Å². The van der Waals surface area contributed by atoms with Crippen molar-refractivity contribution in [1.82, 2.24) is 16.0 Å². The van der Waals surface area contributed by atoms with Gasteiger partial charge >= 0.3 is 12.0 Å². The third-order valence-corrected chi connectivity index (χ3v) is 4.00. The summed E-state index contributed by atoms with van der Waals surface area (Å²) in [6.07, 6.45) is 5.79. The summed E-state index contributed by atoms with van der Waals surface area (Å²) in [4.78, 5) is 34.2. The van der Waals surface area contributed by atoms with E-state index >= 15 is 0 Å². The summed E-state index contributed by atoms with van der Waals surface area (Å²) in [6.45, 7) is 3.38. The van der Waals surface area contributed by atoms with Crippen LogP contribution in [0.3, 0.4) is 0 Å². The first-order valence-electron chi connectivity index (χ1n) is 7.86. The van der Waals surface area contributed by atoms with Gasteiger partial charge in [0.25, 0.3) is 0 Å². The smallest absolute Gasteiger partial charge is 0.315 e. The highest BCUT2D eigenvalue weighted by Crippen LogP contribution is 2.19. The molecule has 0 radical (unpaired) electrons. The molecular weight excluding hydrogens is 286 g/mol. The minimum Gasteiger partial charge on any atom is -0.481 e. The van der Waals surface area contributed by atoms with Crippen molar-refractivity contribution >= 4 is 17.9 Å². The zero-order chi connectivity index (χ0) is 16.6. The number of hydrogen-bond donors (Lipinski definition) is 4. The molecule has 0 spiro atoms. The number of nitrogens with one attached hydrogen (secondary N) is 3. The van der Waals surface area contributed by atoms with E-state index in [1.54, 1.807) is 13.8 Å². The first-order valence-corrected chi connectivity index (χ1v) is 7.86. The molecule has 0 bridgehead atoms. The fourth-order valence-electron chi connectivity index (χ4n) is 2.33. The highest BCUT2D eigenvalue weighted by atomic mass is 16.4. The molecule has 3 amide bonds. The number of carbonyl (C=O) groups excluding carboxylic acids is 2. The minimum absolute atomic E-state index is 0.105. The average Bonchev–Trinajstić information content (AvgIpc) is 2.46. The van der Waals surface area contributed by atoms with E-state index in [9.17, 15) is 14.4 Å². The number of aliphatic carboxylic acids is 1. The lowest BCUT2D eigenvalue weighted by molar-refractivity contribution is -0.147. The Kier molecular flexibility index (Phi) is 7.14. The van der Waals surface area contributed by atoms with Crippen LogP contribution in [0.4, 0.5) is 4.79 Å². The lowest BCUT2D eigenvalue weighted by atomic mass is 9.90. The molecular formula is C15H27N3O4. The van der Waals surface area contributed by atoms with E-state index in [2.05, 4.69) is 16.0 Å². The number of amides is 3. The van der Waals surface area contributed by atoms with Crippen LogP contribution < -0.4 is 16.0 Å². The van der Waals surface area contributed by atoms with Crippen molar-refractivity contribution in [2.75, 3.05) is 13.1 Å². The third kappa shape index (κ3) is 6.78. The van der Waals surface area contributed by atoms with Crippen molar-refractivity contribution in [3.63, 3.8) is 0 Å². The zero-order valence-corrected chi connectivity index (χ0v) is 13.4. The Morgan fingerprint density at radius 1 is 1.09 bits per heavy atom. The fraction of sp³-hybridized carbons (Fsp3) is 0.800. The van der Waals surface area contributed by atoms with Gasteiger partial charge in [-0.05, 0) is 33.1 Å². The topological polar surface area (TPSA) is 108 Å². The zero-order valence-electron chi connectivity index (χ0n) is 13.4. The van der Waals surface area contributed by atoms with Gasteiger partial charge in [0, 0.05) is 12.6 Å². The van der Waals surface area contributed by atoms with Gasteiger partial charge in [-0.2, -0.15) is 0 Å². The summed E-state index contributed by atoms with van der Waals surface area (Å²) >= 11 is 0. The van der Waals surface area contributed by atoms with E-state index in [1.807, 2.05) is 0 Å². The minimum atomic E-state index is -0.897. The molecule has 126 valence electrons. The molecule has 1 fully saturated rings. The molecule has 7 nitrogen and oxygen atoms in total. The lowest BCUT2D eigenvalue weighted by Crippen LogP contribution is -2.46. The van der Waals surface area contributed by atoms with Gasteiger partial charge in [0.2, 0.25) is 5.91 Å². The SMILES string of the molecule is CC(C)(CCNC(=O)CNC(=O)NC1CCCCC1)C(=O)O. The second-order valence-electron chi connectivity index (χ2n) is 6.45. The van der Waals surface area contributed by atoms with Gasteiger partial charge in [-0.15, -0.1) is 0 Å². The molecule has 1 rings (SSSR count). The van der Waals surface area contributed by atoms with Gasteiger partial charge in [-0.1, -0.05) is 19.3 Å². The summed E-state index contributed by atoms with van der Waals surface area (Å²) < 4.78 is 0. The Morgan fingerprint density at radius 3 is 2.32 bits per heavy atom. The monoisotopic (exact) mass is 313 g/mol. The molecule has 7 heteroatoms. The van der Waals surface area contributed by atoms with Gasteiger partial charge in [0.1, 0.15) is 0 Å². The first kappa shape index (κ1) is 18.3. The molecule has 0 aromatic heterocycles. The molecule has 0 aliphatic heterocycles. The number of carbonyl (C=O) groups is 3. The number of urea groups is 1. The van der Waals surface area contributed by atoms with Crippen LogP contribution in [0.15, 0.2) is 0 Å². The Balaban J connectivity index is 2.14. The summed E-state index contributed by atoms with van der Waals surface area (Å²) in [6, 6.07) is -0.124. The van der Waals surface area contributed by atoms with Gasteiger partial charge in [0.15, 0.2) is 0 Å². The lowest BCUT2D eigenvalue weighted by Gasteiger charge is -2.22. The van der Waals surface area contributed by atoms with Crippen LogP contribution >= 0.6 is 0 Å². The molecule has 4 N–H and O–H groups in total. The van der Waals surface area contributed by atoms with Gasteiger partial charge in [-0.3, -0.25) is 9.59 Å². The van der Waals surface area contributed by atoms with Crippen LogP contribution in [0.5, 0.6) is 0 Å². The van der Waals surface area contributed by atoms with Gasteiger partial charge in [0.05, 0.1) is 12.0 Å². The molecule has 0 unspecified atom stereocenters. The number of rotatable bonds is 7. The van der Waals surface area contributed by atoms with Gasteiger partial charge in [-0.25, -0.2) is 4.79 Å². The maximum absolute atomic E-state index is 11.7. The molecule has 1 aliphatic rings. The van der Waals surface area contributed by atoms with Crippen LogP contribution in [-0.2, 0) is 9.59 Å². The normalized spacial score (nSPS) is 15.9. The molecule has 1 saturated carbocycles. The number of carboxylic acids is 1. The average molecular weight is 313 g/mol. The van der Waals surface area contributed by atoms with E-state index < -0.39 is 11.4 Å². The van der Waals surface area contributed by atoms with E-state index in [1.165, 1.54) is 6.42 Å². The standard InChI is InChI=1S/C15H27N3O4/c1-15(2,13(20)21)8-9-16-12(19)10-17-14(22)18-11-6-4-3-5-7-11/h11H,3-10H2,1-2H3,(H,16,19)(H,20,21)(H2,17,18,22). The molecule has 0 heterocycles. The highest BCUT2D eigenvalue weighted by molar-refractivity contribution is 5.84. The second kappa shape index (κ2) is 8.60. The molecule has 1 aliphatic carbocycles. The summed E-state index contributed by atoms with van der Waals surface area (Å²) in [5, 5.41) is 17.0. The van der Waals surface area contributed by atoms with Crippen LogP contribution in [0.1, 0.15) is 52.4 Å². The Bertz CT molecular complexity index is 404. The fourth-order valence-corrected chi connectivity index (χ4v) is 2.33. The first-order chi connectivity index (χ1) is 10.3. The van der Waals surface area contributed by atoms with Crippen LogP contribution in [0.25, 0.3) is 0 Å². The molecule has 22 heavy (non-hydrogen) atoms. The van der Waals surface area contributed by atoms with E-state index in [0.717, 1.165) is 25.7 Å². The quantitative estimate of drug-likeness (QED) is 0.567. The van der Waals surface area contributed by atoms with Crippen molar-refractivity contribution in [3.8, 4) is 0 Å². The number of carboxylic acid groups (broad SMARTS) is 1. The summed E-state index contributed by atoms with van der Waals surface area (Å²) in [7, 11) is 0. The summed E-state index contributed by atoms with van der Waals surface area (Å²) in [5.41, 5.74) is -0.876. The predicted molar refractivity (Wildman–Crippen MR) is 82.5 cm³/mol. The summed E-state index contributed by atoms with van der Waals surface area (Å²) in [5.74, 6) is -1.22. The second-order valence-corrected chi connectivity index (χ2v) is 6.45. The molecule has 0 aromatic carbocycles. The van der Waals surface area contributed by atoms with Crippen molar-refractivity contribution in [3.05, 3.63) is 0 Å². The maximum atomic E-state index is 11.7. The van der Waals surface area contributed by atoms with Crippen LogP contribution in [0, 0.1) is 5.41 Å². The Labute approximate surface area is 131 Å². The molecule has 0 aromatic rings. The maximum Gasteiger partial charge on any atom is 0.315 e. The van der Waals surface area contributed by atoms with Crippen molar-refractivity contribution in [2.45, 2.75) is 58.4 Å². The highest BCUT2D eigenvalue weighted by Gasteiger charge is 2.26. The predicted octanol–water partition coefficient (Wildman–Crippen LogP) is 1.24. The van der Waals surface area contributed by atoms with E-state index in [0.29, 0.717) is 6.42 Å². The number of hydrogen-bond acceptors (Lipinski definition) is 3. The van der Waals surface area contributed by atoms with Crippen LogP contribution in [-0.4, -0.2) is 42.1 Å². The van der Waals surface area contributed by atoms with Crippen molar-refractivity contribution in [1.29, 1.82) is 0 Å². The van der Waals surface area contributed by atoms with E-state index in [-0.39, 0.29) is 31.1 Å². The van der Waals surface area contributed by atoms with Crippen molar-refractivity contribution < 1.29 is 19.5 Å². The Hall–Kier alpha value is -1.79. The molecule has 0 atom stereocenters. The van der Waals surface area contributed by atoms with E-state index in [4.69, 9.17) is 5.11 Å². The molecule has 0 saturated heterocycles. The third-order valence-electron chi connectivity index (χ3n) is 4.00. The Morgan fingerprint density at radius 2 is 1.73 bits per heavy atom. The largest absolute Gasteiger partial charge is 0.481 e. The van der Waals surface area contributed by atoms with Gasteiger partial charge < -0.3 is 21.1 Å².